The van der Waals surface area contributed by atoms with Crippen molar-refractivity contribution in [3.05, 3.63) is 94.3 Å². The zero-order valence-electron chi connectivity index (χ0n) is 15.4. The Balaban J connectivity index is 1.94. The monoisotopic (exact) mass is 373 g/mol. The van der Waals surface area contributed by atoms with Crippen molar-refractivity contribution in [1.29, 1.82) is 0 Å². The largest absolute Gasteiger partial charge is 0.456 e. The van der Waals surface area contributed by atoms with E-state index in [1.165, 1.54) is 11.1 Å². The molecule has 0 fully saturated rings. The number of nitrogens with zero attached hydrogens (tertiary/aromatic N) is 1. The first-order valence-corrected chi connectivity index (χ1v) is 9.44. The van der Waals surface area contributed by atoms with Gasteiger partial charge in [0.25, 0.3) is 0 Å². The van der Waals surface area contributed by atoms with Crippen LogP contribution in [0.5, 0.6) is 0 Å². The van der Waals surface area contributed by atoms with E-state index in [2.05, 4.69) is 50.2 Å². The minimum absolute atomic E-state index is 0.705. The van der Waals surface area contributed by atoms with Gasteiger partial charge in [-0.2, -0.15) is 0 Å². The van der Waals surface area contributed by atoms with Crippen molar-refractivity contribution in [2.75, 3.05) is 0 Å². The lowest BCUT2D eigenvalue weighted by atomic mass is 10.1. The van der Waals surface area contributed by atoms with Crippen molar-refractivity contribution in [2.24, 2.45) is 4.99 Å². The summed E-state index contributed by atoms with van der Waals surface area (Å²) in [6.07, 6.45) is 1.02. The molecule has 0 radical (unpaired) electrons. The SMILES string of the molecule is CCc1ccc(N=c2cc(-c3ccc(Cl)cc3)oc3ccc(C)cc23)cc1. The lowest BCUT2D eigenvalue weighted by Crippen LogP contribution is -2.03. The van der Waals surface area contributed by atoms with Crippen LogP contribution in [-0.2, 0) is 6.42 Å². The first-order chi connectivity index (χ1) is 13.1. The van der Waals surface area contributed by atoms with Crippen LogP contribution in [-0.4, -0.2) is 0 Å². The second-order valence-electron chi connectivity index (χ2n) is 6.63. The Hall–Kier alpha value is -2.84. The van der Waals surface area contributed by atoms with E-state index >= 15 is 0 Å². The second kappa shape index (κ2) is 7.42. The molecular weight excluding hydrogens is 354 g/mol. The van der Waals surface area contributed by atoms with Gasteiger partial charge in [0.05, 0.1) is 11.0 Å². The van der Waals surface area contributed by atoms with E-state index in [9.17, 15) is 0 Å². The summed E-state index contributed by atoms with van der Waals surface area (Å²) in [4.78, 5) is 4.90. The number of hydrogen-bond donors (Lipinski definition) is 0. The summed E-state index contributed by atoms with van der Waals surface area (Å²) < 4.78 is 6.15. The van der Waals surface area contributed by atoms with Gasteiger partial charge in [0.2, 0.25) is 0 Å². The van der Waals surface area contributed by atoms with Crippen molar-refractivity contribution in [2.45, 2.75) is 20.3 Å². The van der Waals surface area contributed by atoms with Crippen LogP contribution in [0.3, 0.4) is 0 Å². The van der Waals surface area contributed by atoms with Gasteiger partial charge in [-0.1, -0.05) is 42.3 Å². The van der Waals surface area contributed by atoms with Crippen LogP contribution in [0.1, 0.15) is 18.1 Å². The molecule has 0 unspecified atom stereocenters. The van der Waals surface area contributed by atoms with E-state index in [0.717, 1.165) is 39.8 Å². The Kier molecular flexibility index (Phi) is 4.83. The molecule has 3 heteroatoms. The Morgan fingerprint density at radius 3 is 2.33 bits per heavy atom. The average Bonchev–Trinajstić information content (AvgIpc) is 2.69. The highest BCUT2D eigenvalue weighted by Crippen LogP contribution is 2.25. The molecule has 1 heterocycles. The van der Waals surface area contributed by atoms with Gasteiger partial charge >= 0.3 is 0 Å². The molecule has 4 rings (SSSR count). The molecule has 0 aliphatic heterocycles. The van der Waals surface area contributed by atoms with Crippen molar-refractivity contribution in [3.8, 4) is 11.3 Å². The number of hydrogen-bond acceptors (Lipinski definition) is 2. The summed E-state index contributed by atoms with van der Waals surface area (Å²) in [6, 6.07) is 24.2. The first kappa shape index (κ1) is 17.6. The fourth-order valence-electron chi connectivity index (χ4n) is 3.08. The van der Waals surface area contributed by atoms with E-state index in [1.54, 1.807) is 0 Å². The maximum Gasteiger partial charge on any atom is 0.136 e. The Morgan fingerprint density at radius 1 is 0.889 bits per heavy atom. The highest BCUT2D eigenvalue weighted by atomic mass is 35.5. The van der Waals surface area contributed by atoms with Gasteiger partial charge in [-0.05, 0) is 67.4 Å². The van der Waals surface area contributed by atoms with E-state index in [-0.39, 0.29) is 0 Å². The predicted octanol–water partition coefficient (Wildman–Crippen LogP) is 6.86. The van der Waals surface area contributed by atoms with Crippen LogP contribution >= 0.6 is 11.6 Å². The van der Waals surface area contributed by atoms with Crippen LogP contribution < -0.4 is 5.36 Å². The molecule has 0 saturated heterocycles. The molecule has 0 N–H and O–H groups in total. The van der Waals surface area contributed by atoms with Crippen LogP contribution in [0.4, 0.5) is 5.69 Å². The zero-order chi connectivity index (χ0) is 18.8. The molecule has 0 amide bonds. The molecule has 0 spiro atoms. The molecule has 0 aliphatic carbocycles. The van der Waals surface area contributed by atoms with E-state index in [4.69, 9.17) is 21.0 Å². The standard InChI is InChI=1S/C24H20ClNO/c1-3-17-5-11-20(12-6-17)26-22-15-24(18-7-9-19(25)10-8-18)27-23-13-4-16(2)14-21(22)23/h4-15H,3H2,1-2H3. The van der Waals surface area contributed by atoms with E-state index < -0.39 is 0 Å². The Morgan fingerprint density at radius 2 is 1.63 bits per heavy atom. The van der Waals surface area contributed by atoms with Gasteiger partial charge in [0.1, 0.15) is 11.3 Å². The third kappa shape index (κ3) is 3.81. The van der Waals surface area contributed by atoms with Gasteiger partial charge in [-0.3, -0.25) is 0 Å². The second-order valence-corrected chi connectivity index (χ2v) is 7.07. The van der Waals surface area contributed by atoms with Crippen LogP contribution in [0.2, 0.25) is 5.02 Å². The lowest BCUT2D eigenvalue weighted by molar-refractivity contribution is 0.618. The van der Waals surface area contributed by atoms with Gasteiger partial charge in [-0.25, -0.2) is 4.99 Å². The predicted molar refractivity (Wildman–Crippen MR) is 112 cm³/mol. The molecule has 3 aromatic carbocycles. The number of fused-ring (bicyclic) bond motifs is 1. The zero-order valence-corrected chi connectivity index (χ0v) is 16.1. The van der Waals surface area contributed by atoms with Crippen LogP contribution in [0.15, 0.2) is 82.2 Å². The first-order valence-electron chi connectivity index (χ1n) is 9.06. The van der Waals surface area contributed by atoms with Gasteiger partial charge < -0.3 is 4.42 Å². The fraction of sp³-hybridized carbons (Fsp3) is 0.125. The normalized spacial score (nSPS) is 11.9. The van der Waals surface area contributed by atoms with Crippen molar-refractivity contribution < 1.29 is 4.42 Å². The number of rotatable bonds is 3. The topological polar surface area (TPSA) is 25.5 Å². The highest BCUT2D eigenvalue weighted by Gasteiger charge is 2.07. The molecule has 4 aromatic rings. The third-order valence-electron chi connectivity index (χ3n) is 4.62. The van der Waals surface area contributed by atoms with Crippen LogP contribution in [0, 0.1) is 6.92 Å². The Labute approximate surface area is 163 Å². The molecule has 1 aromatic heterocycles. The minimum Gasteiger partial charge on any atom is -0.456 e. The lowest BCUT2D eigenvalue weighted by Gasteiger charge is -2.06. The third-order valence-corrected chi connectivity index (χ3v) is 4.87. The number of aryl methyl sites for hydroxylation is 2. The fourth-order valence-corrected chi connectivity index (χ4v) is 3.20. The maximum atomic E-state index is 6.15. The molecule has 0 saturated carbocycles. The quantitative estimate of drug-likeness (QED) is 0.385. The minimum atomic E-state index is 0.705. The molecular formula is C24H20ClNO. The average molecular weight is 374 g/mol. The summed E-state index contributed by atoms with van der Waals surface area (Å²) in [6.45, 7) is 4.23. The van der Waals surface area contributed by atoms with Gasteiger partial charge in [0.15, 0.2) is 0 Å². The number of halogens is 1. The van der Waals surface area contributed by atoms with Crippen LogP contribution in [0.25, 0.3) is 22.3 Å². The molecule has 27 heavy (non-hydrogen) atoms. The summed E-state index contributed by atoms with van der Waals surface area (Å²) >= 11 is 6.03. The summed E-state index contributed by atoms with van der Waals surface area (Å²) in [5.41, 5.74) is 5.20. The van der Waals surface area contributed by atoms with Gasteiger partial charge in [0, 0.05) is 22.0 Å². The van der Waals surface area contributed by atoms with Crippen molar-refractivity contribution in [3.63, 3.8) is 0 Å². The van der Waals surface area contributed by atoms with Gasteiger partial charge in [-0.15, -0.1) is 0 Å². The summed E-state index contributed by atoms with van der Waals surface area (Å²) in [7, 11) is 0. The smallest absolute Gasteiger partial charge is 0.136 e. The van der Waals surface area contributed by atoms with E-state index in [0.29, 0.717) is 5.02 Å². The molecule has 0 aliphatic rings. The number of benzene rings is 3. The molecule has 2 nitrogen and oxygen atoms in total. The maximum absolute atomic E-state index is 6.15. The Bertz CT molecular complexity index is 1160. The molecule has 134 valence electrons. The summed E-state index contributed by atoms with van der Waals surface area (Å²) in [5.74, 6) is 0.770. The van der Waals surface area contributed by atoms with Crippen molar-refractivity contribution >= 4 is 28.3 Å². The highest BCUT2D eigenvalue weighted by molar-refractivity contribution is 6.30. The summed E-state index contributed by atoms with van der Waals surface area (Å²) in [5, 5.41) is 2.61. The molecule has 0 atom stereocenters. The van der Waals surface area contributed by atoms with Crippen molar-refractivity contribution in [1.82, 2.24) is 0 Å². The molecule has 0 bridgehead atoms. The van der Waals surface area contributed by atoms with E-state index in [1.807, 2.05) is 36.4 Å².